The first-order valence-corrected chi connectivity index (χ1v) is 2.57. The Bertz CT molecular complexity index is 195. The number of oxime groups is 1. The third-order valence-corrected chi connectivity index (χ3v) is 0.938. The zero-order valence-corrected chi connectivity index (χ0v) is 4.78. The van der Waals surface area contributed by atoms with E-state index in [0.29, 0.717) is 0 Å². The van der Waals surface area contributed by atoms with Gasteiger partial charge in [-0.05, 0) is 6.07 Å². The highest BCUT2D eigenvalue weighted by molar-refractivity contribution is 5.77. The second kappa shape index (κ2) is 2.81. The molecule has 0 unspecified atom stereocenters. The monoisotopic (exact) mass is 123 g/mol. The Labute approximate surface area is 52.7 Å². The van der Waals surface area contributed by atoms with Gasteiger partial charge >= 0.3 is 0 Å². The summed E-state index contributed by atoms with van der Waals surface area (Å²) < 4.78 is 0. The summed E-state index contributed by atoms with van der Waals surface area (Å²) in [5, 5.41) is 10.9. The molecule has 2 N–H and O–H groups in total. The number of pyridine rings is 1. The van der Waals surface area contributed by atoms with Crippen molar-refractivity contribution < 1.29 is 10.2 Å². The molecule has 1 aromatic rings. The quantitative estimate of drug-likeness (QED) is 0.326. The zero-order chi connectivity index (χ0) is 6.53. The minimum Gasteiger partial charge on any atom is -0.411 e. The third kappa shape index (κ3) is 1.53. The topological polar surface area (TPSA) is 46.7 Å². The summed E-state index contributed by atoms with van der Waals surface area (Å²) in [5.41, 5.74) is 0.847. The minimum atomic E-state index is 0.847. The van der Waals surface area contributed by atoms with E-state index in [0.717, 1.165) is 5.56 Å². The van der Waals surface area contributed by atoms with Crippen molar-refractivity contribution in [3.8, 4) is 0 Å². The van der Waals surface area contributed by atoms with Gasteiger partial charge in [-0.15, -0.1) is 0 Å². The summed E-state index contributed by atoms with van der Waals surface area (Å²) in [6, 6.07) is 3.66. The fourth-order valence-electron chi connectivity index (χ4n) is 0.554. The van der Waals surface area contributed by atoms with Gasteiger partial charge in [0, 0.05) is 6.07 Å². The van der Waals surface area contributed by atoms with E-state index in [4.69, 9.17) is 5.21 Å². The van der Waals surface area contributed by atoms with Gasteiger partial charge in [-0.25, -0.2) is 4.98 Å². The van der Waals surface area contributed by atoms with Crippen molar-refractivity contribution in [2.45, 2.75) is 0 Å². The van der Waals surface area contributed by atoms with Crippen LogP contribution in [0.4, 0.5) is 0 Å². The number of hydrogen-bond acceptors (Lipinski definition) is 2. The minimum absolute atomic E-state index is 0.847. The van der Waals surface area contributed by atoms with Gasteiger partial charge in [-0.2, -0.15) is 0 Å². The lowest BCUT2D eigenvalue weighted by Gasteiger charge is -1.79. The molecule has 1 rings (SSSR count). The number of nitrogens with zero attached hydrogens (tertiary/aromatic N) is 1. The van der Waals surface area contributed by atoms with Crippen LogP contribution in [0.25, 0.3) is 0 Å². The van der Waals surface area contributed by atoms with Crippen LogP contribution in [0.2, 0.25) is 0 Å². The second-order valence-electron chi connectivity index (χ2n) is 1.58. The molecule has 46 valence electrons. The van der Waals surface area contributed by atoms with Crippen molar-refractivity contribution in [3.63, 3.8) is 0 Å². The van der Waals surface area contributed by atoms with Crippen LogP contribution in [0.15, 0.2) is 29.7 Å². The molecule has 3 heteroatoms. The van der Waals surface area contributed by atoms with Gasteiger partial charge in [0.05, 0.1) is 11.8 Å². The van der Waals surface area contributed by atoms with Crippen LogP contribution in [0, 0.1) is 0 Å². The molecule has 0 atom stereocenters. The van der Waals surface area contributed by atoms with Crippen molar-refractivity contribution >= 4 is 6.21 Å². The van der Waals surface area contributed by atoms with Crippen LogP contribution < -0.4 is 4.98 Å². The number of rotatable bonds is 1. The van der Waals surface area contributed by atoms with Crippen molar-refractivity contribution in [2.24, 2.45) is 5.16 Å². The maximum Gasteiger partial charge on any atom is 0.175 e. The highest BCUT2D eigenvalue weighted by atomic mass is 16.4. The van der Waals surface area contributed by atoms with Crippen molar-refractivity contribution in [2.75, 3.05) is 0 Å². The first-order chi connectivity index (χ1) is 4.43. The van der Waals surface area contributed by atoms with E-state index in [-0.39, 0.29) is 0 Å². The van der Waals surface area contributed by atoms with E-state index in [9.17, 15) is 0 Å². The summed E-state index contributed by atoms with van der Waals surface area (Å²) in [6.45, 7) is 0. The van der Waals surface area contributed by atoms with Crippen LogP contribution in [-0.2, 0) is 0 Å². The van der Waals surface area contributed by atoms with E-state index < -0.39 is 0 Å². The van der Waals surface area contributed by atoms with Crippen molar-refractivity contribution in [1.29, 1.82) is 0 Å². The van der Waals surface area contributed by atoms with Crippen LogP contribution in [0.5, 0.6) is 0 Å². The number of hydrogen-bond donors (Lipinski definition) is 1. The van der Waals surface area contributed by atoms with Crippen LogP contribution in [0.1, 0.15) is 5.56 Å². The Kier molecular flexibility index (Phi) is 1.80. The number of aromatic nitrogens is 1. The Morgan fingerprint density at radius 3 is 3.11 bits per heavy atom. The molecule has 0 spiro atoms. The highest BCUT2D eigenvalue weighted by Gasteiger charge is 1.86. The molecule has 0 bridgehead atoms. The Balaban J connectivity index is 2.85. The molecular formula is C6H7N2O+. The normalized spacial score (nSPS) is 10.2. The van der Waals surface area contributed by atoms with Crippen LogP contribution in [0.3, 0.4) is 0 Å². The predicted octanol–water partition coefficient (Wildman–Crippen LogP) is 0.309. The van der Waals surface area contributed by atoms with Crippen LogP contribution in [-0.4, -0.2) is 11.4 Å². The SMILES string of the molecule is ON=Cc1ccc[nH+]c1. The Morgan fingerprint density at radius 2 is 2.56 bits per heavy atom. The summed E-state index contributed by atoms with van der Waals surface area (Å²) in [5.74, 6) is 0. The first kappa shape index (κ1) is 5.75. The molecule has 9 heavy (non-hydrogen) atoms. The average molecular weight is 123 g/mol. The molecule has 3 nitrogen and oxygen atoms in total. The highest BCUT2D eigenvalue weighted by Crippen LogP contribution is 1.85. The van der Waals surface area contributed by atoms with E-state index >= 15 is 0 Å². The molecule has 0 aliphatic rings. The van der Waals surface area contributed by atoms with E-state index in [1.54, 1.807) is 12.4 Å². The largest absolute Gasteiger partial charge is 0.411 e. The van der Waals surface area contributed by atoms with Gasteiger partial charge in [0.2, 0.25) is 0 Å². The molecule has 0 aliphatic heterocycles. The molecule has 0 saturated heterocycles. The molecule has 0 amide bonds. The standard InChI is InChI=1S/C6H6N2O/c9-8-5-6-2-1-3-7-4-6/h1-5,9H/p+1. The Hall–Kier alpha value is -1.38. The van der Waals surface area contributed by atoms with E-state index in [1.165, 1.54) is 6.21 Å². The van der Waals surface area contributed by atoms with Crippen molar-refractivity contribution in [1.82, 2.24) is 0 Å². The zero-order valence-electron chi connectivity index (χ0n) is 4.78. The number of aromatic amines is 1. The molecule has 0 radical (unpaired) electrons. The number of H-pyrrole nitrogens is 1. The van der Waals surface area contributed by atoms with Crippen LogP contribution >= 0.6 is 0 Å². The predicted molar refractivity (Wildman–Crippen MR) is 32.4 cm³/mol. The van der Waals surface area contributed by atoms with Gasteiger partial charge < -0.3 is 5.21 Å². The maximum absolute atomic E-state index is 8.08. The summed E-state index contributed by atoms with van der Waals surface area (Å²) in [7, 11) is 0. The fourth-order valence-corrected chi connectivity index (χ4v) is 0.554. The molecule has 0 aliphatic carbocycles. The molecule has 1 aromatic heterocycles. The Morgan fingerprint density at radius 1 is 1.67 bits per heavy atom. The van der Waals surface area contributed by atoms with Crippen molar-refractivity contribution in [3.05, 3.63) is 30.1 Å². The smallest absolute Gasteiger partial charge is 0.175 e. The fraction of sp³-hybridized carbons (Fsp3) is 0. The van der Waals surface area contributed by atoms with Gasteiger partial charge in [0.25, 0.3) is 0 Å². The lowest BCUT2D eigenvalue weighted by atomic mass is 10.3. The lowest BCUT2D eigenvalue weighted by Crippen LogP contribution is -1.99. The second-order valence-corrected chi connectivity index (χ2v) is 1.58. The maximum atomic E-state index is 8.08. The van der Waals surface area contributed by atoms with Gasteiger partial charge in [-0.1, -0.05) is 5.16 Å². The lowest BCUT2D eigenvalue weighted by molar-refractivity contribution is -0.378. The van der Waals surface area contributed by atoms with E-state index in [1.807, 2.05) is 12.1 Å². The van der Waals surface area contributed by atoms with Gasteiger partial charge in [-0.3, -0.25) is 0 Å². The average Bonchev–Trinajstić information content (AvgIpc) is 1.91. The van der Waals surface area contributed by atoms with E-state index in [2.05, 4.69) is 10.1 Å². The summed E-state index contributed by atoms with van der Waals surface area (Å²) in [6.07, 6.45) is 4.88. The first-order valence-electron chi connectivity index (χ1n) is 2.57. The molecule has 0 saturated carbocycles. The third-order valence-electron chi connectivity index (χ3n) is 0.938. The number of nitrogens with one attached hydrogen (secondary N) is 1. The molecular weight excluding hydrogens is 116 g/mol. The van der Waals surface area contributed by atoms with Gasteiger partial charge in [0.15, 0.2) is 12.4 Å². The summed E-state index contributed by atoms with van der Waals surface area (Å²) in [4.78, 5) is 2.84. The molecule has 0 aromatic carbocycles. The molecule has 0 fully saturated rings. The van der Waals surface area contributed by atoms with Gasteiger partial charge in [0.1, 0.15) is 0 Å². The molecule has 1 heterocycles. The summed E-state index contributed by atoms with van der Waals surface area (Å²) >= 11 is 0.